The van der Waals surface area contributed by atoms with Gasteiger partial charge in [0.05, 0.1) is 0 Å². The van der Waals surface area contributed by atoms with Gasteiger partial charge in [-0.3, -0.25) is 0 Å². The van der Waals surface area contributed by atoms with Crippen molar-refractivity contribution in [3.63, 3.8) is 0 Å². The van der Waals surface area contributed by atoms with Gasteiger partial charge in [-0.15, -0.1) is 0 Å². The molecule has 0 atom stereocenters. The van der Waals surface area contributed by atoms with Crippen LogP contribution >= 0.6 is 11.6 Å². The molecule has 7 heteroatoms. The van der Waals surface area contributed by atoms with Gasteiger partial charge in [0, 0.05) is 50.0 Å². The fourth-order valence-electron chi connectivity index (χ4n) is 3.13. The van der Waals surface area contributed by atoms with Crippen LogP contribution in [0, 0.1) is 5.92 Å². The van der Waals surface area contributed by atoms with E-state index in [4.69, 9.17) is 11.6 Å². The molecule has 0 saturated carbocycles. The van der Waals surface area contributed by atoms with Crippen LogP contribution < -0.4 is 0 Å². The predicted molar refractivity (Wildman–Crippen MR) is 99.9 cm³/mol. The number of nitrogens with zero attached hydrogens (tertiary/aromatic N) is 3. The van der Waals surface area contributed by atoms with Crippen molar-refractivity contribution in [2.75, 3.05) is 39.3 Å². The molecule has 2 fully saturated rings. The van der Waals surface area contributed by atoms with Crippen LogP contribution in [0.1, 0.15) is 26.7 Å². The lowest BCUT2D eigenvalue weighted by atomic mass is 10.0. The van der Waals surface area contributed by atoms with E-state index in [2.05, 4.69) is 18.4 Å². The molecule has 0 amide bonds. The Morgan fingerprint density at radius 1 is 1.08 bits per heavy atom. The van der Waals surface area contributed by atoms with Crippen molar-refractivity contribution in [2.45, 2.75) is 26.7 Å². The van der Waals surface area contributed by atoms with Crippen molar-refractivity contribution in [3.05, 3.63) is 35.5 Å². The maximum Gasteiger partial charge on any atom is 0.282 e. The van der Waals surface area contributed by atoms with E-state index in [-0.39, 0.29) is 0 Å². The van der Waals surface area contributed by atoms with Gasteiger partial charge in [-0.1, -0.05) is 31.2 Å². The van der Waals surface area contributed by atoms with E-state index >= 15 is 0 Å². The third-order valence-electron chi connectivity index (χ3n) is 4.64. The molecule has 2 aliphatic rings. The molecule has 136 valence electrons. The summed E-state index contributed by atoms with van der Waals surface area (Å²) in [4.78, 5) is 2.15. The van der Waals surface area contributed by atoms with Gasteiger partial charge < -0.3 is 4.90 Å². The number of hydrogen-bond acceptors (Lipinski definition) is 3. The number of rotatable bonds is 5. The molecule has 0 aromatic rings. The minimum atomic E-state index is -3.33. The first-order valence-electron chi connectivity index (χ1n) is 8.53. The molecule has 2 saturated heterocycles. The number of piperazine rings is 1. The van der Waals surface area contributed by atoms with Gasteiger partial charge in [0.25, 0.3) is 10.2 Å². The summed E-state index contributed by atoms with van der Waals surface area (Å²) in [6, 6.07) is 0. The summed E-state index contributed by atoms with van der Waals surface area (Å²) in [5, 5.41) is 0.473. The van der Waals surface area contributed by atoms with Crippen LogP contribution in [0.25, 0.3) is 0 Å². The standard InChI is InChI=1S/C17H28ClN3O2S/c1-4-5-17(14-16(3)18)19-10-12-21(13-11-19)24(22,23)20-8-6-15(2)7-9-20/h4-5,14-15H,3,6-13H2,1-2H3/b5-4?,17-14+. The Morgan fingerprint density at radius 3 is 2.12 bits per heavy atom. The highest BCUT2D eigenvalue weighted by molar-refractivity contribution is 7.86. The minimum Gasteiger partial charge on any atom is -0.369 e. The summed E-state index contributed by atoms with van der Waals surface area (Å²) in [7, 11) is -3.33. The van der Waals surface area contributed by atoms with Crippen LogP contribution in [0.4, 0.5) is 0 Å². The van der Waals surface area contributed by atoms with Gasteiger partial charge >= 0.3 is 0 Å². The van der Waals surface area contributed by atoms with E-state index in [9.17, 15) is 8.42 Å². The Balaban J connectivity index is 2.00. The van der Waals surface area contributed by atoms with Crippen molar-refractivity contribution < 1.29 is 8.42 Å². The SMILES string of the molecule is C=C(Cl)/C=C(\C=CC)N1CCN(S(=O)(=O)N2CCC(C)CC2)CC1. The predicted octanol–water partition coefficient (Wildman–Crippen LogP) is 2.79. The van der Waals surface area contributed by atoms with Crippen molar-refractivity contribution >= 4 is 21.8 Å². The van der Waals surface area contributed by atoms with Crippen LogP contribution in [0.2, 0.25) is 0 Å². The number of halogens is 1. The third kappa shape index (κ3) is 4.85. The van der Waals surface area contributed by atoms with Crippen molar-refractivity contribution in [1.82, 2.24) is 13.5 Å². The van der Waals surface area contributed by atoms with Crippen LogP contribution in [-0.4, -0.2) is 61.2 Å². The van der Waals surface area contributed by atoms with Crippen molar-refractivity contribution in [3.8, 4) is 0 Å². The van der Waals surface area contributed by atoms with Gasteiger partial charge in [0.1, 0.15) is 0 Å². The normalized spacial score (nSPS) is 23.1. The topological polar surface area (TPSA) is 43.9 Å². The molecular formula is C17H28ClN3O2S. The van der Waals surface area contributed by atoms with E-state index in [0.29, 0.717) is 50.2 Å². The zero-order valence-electron chi connectivity index (χ0n) is 14.6. The number of allylic oxidation sites excluding steroid dienone is 4. The molecule has 0 N–H and O–H groups in total. The summed E-state index contributed by atoms with van der Waals surface area (Å²) in [5.41, 5.74) is 0.973. The fraction of sp³-hybridized carbons (Fsp3) is 0.647. The number of hydrogen-bond donors (Lipinski definition) is 0. The lowest BCUT2D eigenvalue weighted by Crippen LogP contribution is -2.53. The van der Waals surface area contributed by atoms with Gasteiger partial charge in [0.15, 0.2) is 0 Å². The van der Waals surface area contributed by atoms with Gasteiger partial charge in [-0.2, -0.15) is 17.0 Å². The summed E-state index contributed by atoms with van der Waals surface area (Å²) in [6.45, 7) is 11.4. The summed E-state index contributed by atoms with van der Waals surface area (Å²) >= 11 is 5.90. The summed E-state index contributed by atoms with van der Waals surface area (Å²) < 4.78 is 28.9. The maximum atomic E-state index is 12.8. The average Bonchev–Trinajstić information content (AvgIpc) is 2.54. The Morgan fingerprint density at radius 2 is 1.62 bits per heavy atom. The van der Waals surface area contributed by atoms with Gasteiger partial charge in [0.2, 0.25) is 0 Å². The third-order valence-corrected chi connectivity index (χ3v) is 6.79. The Bertz CT molecular complexity index is 599. The minimum absolute atomic E-state index is 0.473. The molecule has 0 radical (unpaired) electrons. The molecule has 2 heterocycles. The highest BCUT2D eigenvalue weighted by Crippen LogP contribution is 2.22. The molecule has 2 rings (SSSR count). The monoisotopic (exact) mass is 373 g/mol. The van der Waals surface area contributed by atoms with Crippen LogP contribution in [-0.2, 0) is 10.2 Å². The fourth-order valence-corrected chi connectivity index (χ4v) is 4.87. The van der Waals surface area contributed by atoms with E-state index in [1.165, 1.54) is 0 Å². The lowest BCUT2D eigenvalue weighted by molar-refractivity contribution is 0.210. The largest absolute Gasteiger partial charge is 0.369 e. The molecule has 0 bridgehead atoms. The zero-order chi connectivity index (χ0) is 17.7. The van der Waals surface area contributed by atoms with Crippen LogP contribution in [0.5, 0.6) is 0 Å². The highest BCUT2D eigenvalue weighted by Gasteiger charge is 2.34. The summed E-state index contributed by atoms with van der Waals surface area (Å²) in [6.07, 6.45) is 7.64. The molecule has 2 aliphatic heterocycles. The molecule has 0 unspecified atom stereocenters. The first-order chi connectivity index (χ1) is 11.3. The maximum absolute atomic E-state index is 12.8. The molecule has 5 nitrogen and oxygen atoms in total. The van der Waals surface area contributed by atoms with Crippen molar-refractivity contribution in [2.24, 2.45) is 5.92 Å². The molecule has 0 spiro atoms. The molecule has 0 aliphatic carbocycles. The van der Waals surface area contributed by atoms with Crippen molar-refractivity contribution in [1.29, 1.82) is 0 Å². The Hall–Kier alpha value is -0.820. The molecule has 24 heavy (non-hydrogen) atoms. The smallest absolute Gasteiger partial charge is 0.282 e. The Labute approximate surface area is 151 Å². The second kappa shape index (κ2) is 8.52. The number of piperidine rings is 1. The Kier molecular flexibility index (Phi) is 6.92. The van der Waals surface area contributed by atoms with E-state index < -0.39 is 10.2 Å². The lowest BCUT2D eigenvalue weighted by Gasteiger charge is -2.39. The highest BCUT2D eigenvalue weighted by atomic mass is 35.5. The van der Waals surface area contributed by atoms with E-state index in [1.807, 2.05) is 25.2 Å². The van der Waals surface area contributed by atoms with E-state index in [0.717, 1.165) is 18.5 Å². The average molecular weight is 374 g/mol. The van der Waals surface area contributed by atoms with Crippen LogP contribution in [0.3, 0.4) is 0 Å². The van der Waals surface area contributed by atoms with E-state index in [1.54, 1.807) is 8.61 Å². The zero-order valence-corrected chi connectivity index (χ0v) is 16.2. The molecule has 0 aromatic heterocycles. The first kappa shape index (κ1) is 19.5. The summed E-state index contributed by atoms with van der Waals surface area (Å²) in [5.74, 6) is 0.616. The van der Waals surface area contributed by atoms with Gasteiger partial charge in [-0.05, 0) is 37.8 Å². The second-order valence-corrected chi connectivity index (χ2v) is 8.91. The first-order valence-corrected chi connectivity index (χ1v) is 10.3. The molecule has 0 aromatic carbocycles. The second-order valence-electron chi connectivity index (χ2n) is 6.49. The quantitative estimate of drug-likeness (QED) is 0.696. The molecular weight excluding hydrogens is 346 g/mol. The van der Waals surface area contributed by atoms with Crippen LogP contribution in [0.15, 0.2) is 35.5 Å². The van der Waals surface area contributed by atoms with Gasteiger partial charge in [-0.25, -0.2) is 0 Å².